The number of likely N-dealkylation sites (tertiary alicyclic amines) is 1. The van der Waals surface area contributed by atoms with Crippen LogP contribution in [0.5, 0.6) is 0 Å². The summed E-state index contributed by atoms with van der Waals surface area (Å²) in [6.45, 7) is 10.2. The summed E-state index contributed by atoms with van der Waals surface area (Å²) in [7, 11) is 0. The van der Waals surface area contributed by atoms with E-state index < -0.39 is 5.60 Å². The summed E-state index contributed by atoms with van der Waals surface area (Å²) in [6.07, 6.45) is 7.52. The fourth-order valence-corrected chi connectivity index (χ4v) is 5.46. The first kappa shape index (κ1) is 27.1. The first-order valence-electron chi connectivity index (χ1n) is 14.6. The lowest BCUT2D eigenvalue weighted by atomic mass is 10.1. The third-order valence-corrected chi connectivity index (χ3v) is 7.52. The number of aromatic nitrogens is 4. The summed E-state index contributed by atoms with van der Waals surface area (Å²) < 4.78 is 12.0. The molecule has 0 saturated carbocycles. The van der Waals surface area contributed by atoms with Crippen LogP contribution >= 0.6 is 0 Å². The molecule has 1 fully saturated rings. The molecule has 3 aromatic heterocycles. The minimum atomic E-state index is -0.534. The van der Waals surface area contributed by atoms with E-state index in [1.165, 1.54) is 6.42 Å². The van der Waals surface area contributed by atoms with Crippen LogP contribution < -0.4 is 5.32 Å². The van der Waals surface area contributed by atoms with Crippen molar-refractivity contribution in [2.45, 2.75) is 71.6 Å². The van der Waals surface area contributed by atoms with Crippen LogP contribution in [0.4, 0.5) is 4.79 Å². The van der Waals surface area contributed by atoms with Gasteiger partial charge in [0.25, 0.3) is 0 Å². The standard InChI is InChI=1S/C32H38N6O3/c1-5-6-13-33-19-29-34-17-24(36-29)20-9-11-22-23-12-10-21(16-28(23)40-27(22)15-20)25-18-35-30(37-25)26-8-7-14-38(26)31(39)41-32(2,3)4/h9-12,15-18,26,33H,5-8,13-14,19H2,1-4H3,(H,34,36)(H,35,37)/t26-/m0/s1. The zero-order chi connectivity index (χ0) is 28.6. The van der Waals surface area contributed by atoms with Gasteiger partial charge in [-0.25, -0.2) is 14.8 Å². The van der Waals surface area contributed by atoms with Crippen molar-refractivity contribution in [2.24, 2.45) is 0 Å². The van der Waals surface area contributed by atoms with Gasteiger partial charge in [0.2, 0.25) is 0 Å². The fourth-order valence-electron chi connectivity index (χ4n) is 5.46. The van der Waals surface area contributed by atoms with Crippen LogP contribution in [0.1, 0.15) is 71.1 Å². The highest BCUT2D eigenvalue weighted by atomic mass is 16.6. The Kier molecular flexibility index (Phi) is 7.30. The second-order valence-corrected chi connectivity index (χ2v) is 11.8. The molecule has 0 radical (unpaired) electrons. The quantitative estimate of drug-likeness (QED) is 0.173. The Morgan fingerprint density at radius 2 is 1.73 bits per heavy atom. The summed E-state index contributed by atoms with van der Waals surface area (Å²) >= 11 is 0. The van der Waals surface area contributed by atoms with Gasteiger partial charge in [0.05, 0.1) is 36.4 Å². The van der Waals surface area contributed by atoms with E-state index in [-0.39, 0.29) is 12.1 Å². The van der Waals surface area contributed by atoms with E-state index in [1.54, 1.807) is 4.90 Å². The highest BCUT2D eigenvalue weighted by Gasteiger charge is 2.34. The molecule has 0 unspecified atom stereocenters. The molecule has 6 rings (SSSR count). The molecular formula is C32H38N6O3. The van der Waals surface area contributed by atoms with Crippen LogP contribution in [-0.4, -0.2) is 49.6 Å². The van der Waals surface area contributed by atoms with Crippen molar-refractivity contribution in [3.63, 3.8) is 0 Å². The summed E-state index contributed by atoms with van der Waals surface area (Å²) in [5.74, 6) is 1.70. The number of hydrogen-bond donors (Lipinski definition) is 3. The lowest BCUT2D eigenvalue weighted by molar-refractivity contribution is 0.0218. The van der Waals surface area contributed by atoms with Crippen LogP contribution in [-0.2, 0) is 11.3 Å². The molecule has 2 aromatic carbocycles. The van der Waals surface area contributed by atoms with Crippen LogP contribution in [0.3, 0.4) is 0 Å². The van der Waals surface area contributed by atoms with Crippen LogP contribution in [0.15, 0.2) is 53.2 Å². The molecule has 0 aliphatic carbocycles. The molecule has 9 nitrogen and oxygen atoms in total. The van der Waals surface area contributed by atoms with Gasteiger partial charge in [0.15, 0.2) is 0 Å². The van der Waals surface area contributed by atoms with Gasteiger partial charge < -0.3 is 24.4 Å². The van der Waals surface area contributed by atoms with Crippen molar-refractivity contribution in [3.05, 3.63) is 60.4 Å². The zero-order valence-electron chi connectivity index (χ0n) is 24.2. The molecule has 214 valence electrons. The minimum absolute atomic E-state index is 0.123. The molecule has 9 heteroatoms. The van der Waals surface area contributed by atoms with Crippen molar-refractivity contribution >= 4 is 28.0 Å². The van der Waals surface area contributed by atoms with Crippen LogP contribution in [0, 0.1) is 0 Å². The second kappa shape index (κ2) is 11.0. The summed E-state index contributed by atoms with van der Waals surface area (Å²) in [5.41, 5.74) is 4.98. The maximum absolute atomic E-state index is 12.8. The topological polar surface area (TPSA) is 112 Å². The van der Waals surface area contributed by atoms with E-state index in [0.717, 1.165) is 88.5 Å². The maximum Gasteiger partial charge on any atom is 0.410 e. The number of benzene rings is 2. The Morgan fingerprint density at radius 1 is 1.05 bits per heavy atom. The molecule has 1 aliphatic rings. The fraction of sp³-hybridized carbons (Fsp3) is 0.406. The van der Waals surface area contributed by atoms with Crippen molar-refractivity contribution < 1.29 is 13.9 Å². The molecule has 3 N–H and O–H groups in total. The van der Waals surface area contributed by atoms with Gasteiger partial charge >= 0.3 is 6.09 Å². The predicted octanol–water partition coefficient (Wildman–Crippen LogP) is 7.33. The van der Waals surface area contributed by atoms with E-state index in [9.17, 15) is 4.79 Å². The minimum Gasteiger partial charge on any atom is -0.456 e. The summed E-state index contributed by atoms with van der Waals surface area (Å²) in [5, 5.41) is 5.56. The molecule has 1 saturated heterocycles. The Bertz CT molecular complexity index is 1670. The van der Waals surface area contributed by atoms with E-state index in [2.05, 4.69) is 62.5 Å². The van der Waals surface area contributed by atoms with Crippen molar-refractivity contribution in [3.8, 4) is 22.5 Å². The number of imidazole rings is 2. The molecular weight excluding hydrogens is 516 g/mol. The highest BCUT2D eigenvalue weighted by Crippen LogP contribution is 2.36. The van der Waals surface area contributed by atoms with Crippen LogP contribution in [0.25, 0.3) is 44.5 Å². The SMILES string of the molecule is CCCCNCc1ncc(-c2ccc3c(c2)oc2cc(-c4cnc([C@@H]5CCCN5C(=O)OC(C)(C)C)[nH]4)ccc23)[nH]1. The highest BCUT2D eigenvalue weighted by molar-refractivity contribution is 6.06. The normalized spacial score (nSPS) is 15.8. The molecule has 1 aliphatic heterocycles. The van der Waals surface area contributed by atoms with Gasteiger partial charge in [-0.1, -0.05) is 25.5 Å². The second-order valence-electron chi connectivity index (χ2n) is 11.8. The number of aromatic amines is 2. The first-order valence-corrected chi connectivity index (χ1v) is 14.6. The van der Waals surface area contributed by atoms with Gasteiger partial charge in [0, 0.05) is 28.4 Å². The van der Waals surface area contributed by atoms with Crippen molar-refractivity contribution in [1.29, 1.82) is 0 Å². The average Bonchev–Trinajstić information content (AvgIpc) is 3.74. The van der Waals surface area contributed by atoms with E-state index in [4.69, 9.17) is 9.15 Å². The predicted molar refractivity (Wildman–Crippen MR) is 160 cm³/mol. The summed E-state index contributed by atoms with van der Waals surface area (Å²) in [4.78, 5) is 30.6. The smallest absolute Gasteiger partial charge is 0.410 e. The monoisotopic (exact) mass is 554 g/mol. The van der Waals surface area contributed by atoms with Gasteiger partial charge in [-0.2, -0.15) is 0 Å². The largest absolute Gasteiger partial charge is 0.456 e. The lowest BCUT2D eigenvalue weighted by Crippen LogP contribution is -2.36. The van der Waals surface area contributed by atoms with Gasteiger partial charge in [-0.3, -0.25) is 4.90 Å². The number of ether oxygens (including phenoxy) is 1. The number of nitrogens with one attached hydrogen (secondary N) is 3. The number of carbonyl (C=O) groups excluding carboxylic acids is 1. The third-order valence-electron chi connectivity index (χ3n) is 7.52. The number of hydrogen-bond acceptors (Lipinski definition) is 6. The van der Waals surface area contributed by atoms with E-state index >= 15 is 0 Å². The number of rotatable bonds is 8. The Morgan fingerprint density at radius 3 is 2.41 bits per heavy atom. The maximum atomic E-state index is 12.8. The number of nitrogens with zero attached hydrogens (tertiary/aromatic N) is 3. The van der Waals surface area contributed by atoms with E-state index in [0.29, 0.717) is 6.54 Å². The lowest BCUT2D eigenvalue weighted by Gasteiger charge is -2.27. The van der Waals surface area contributed by atoms with Crippen LogP contribution in [0.2, 0.25) is 0 Å². The molecule has 1 atom stereocenters. The number of furan rings is 1. The number of unbranched alkanes of at least 4 members (excludes halogenated alkanes) is 1. The molecule has 41 heavy (non-hydrogen) atoms. The van der Waals surface area contributed by atoms with Gasteiger partial charge in [0.1, 0.15) is 28.4 Å². The average molecular weight is 555 g/mol. The summed E-state index contributed by atoms with van der Waals surface area (Å²) in [6, 6.07) is 12.4. The number of carbonyl (C=O) groups is 1. The Balaban J connectivity index is 1.21. The molecule has 0 bridgehead atoms. The molecule has 4 heterocycles. The third kappa shape index (κ3) is 5.72. The Labute approximate surface area is 239 Å². The molecule has 0 spiro atoms. The number of fused-ring (bicyclic) bond motifs is 3. The Hall–Kier alpha value is -4.11. The number of amides is 1. The molecule has 5 aromatic rings. The van der Waals surface area contributed by atoms with Gasteiger partial charge in [-0.15, -0.1) is 0 Å². The first-order chi connectivity index (χ1) is 19.8. The molecule has 1 amide bonds. The van der Waals surface area contributed by atoms with Crippen molar-refractivity contribution in [1.82, 2.24) is 30.2 Å². The van der Waals surface area contributed by atoms with E-state index in [1.807, 2.05) is 39.2 Å². The van der Waals surface area contributed by atoms with Gasteiger partial charge in [-0.05, 0) is 70.8 Å². The number of H-pyrrole nitrogens is 2. The van der Waals surface area contributed by atoms with Crippen molar-refractivity contribution in [2.75, 3.05) is 13.1 Å². The zero-order valence-corrected chi connectivity index (χ0v) is 24.2.